The van der Waals surface area contributed by atoms with Crippen LogP contribution in [0.5, 0.6) is 0 Å². The first-order valence-corrected chi connectivity index (χ1v) is 8.50. The number of benzene rings is 1. The zero-order chi connectivity index (χ0) is 12.9. The number of hydrogen-bond acceptors (Lipinski definition) is 0. The summed E-state index contributed by atoms with van der Waals surface area (Å²) in [6.45, 7) is 4.55. The first-order valence-electron chi connectivity index (χ1n) is 5.88. The fourth-order valence-electron chi connectivity index (χ4n) is 2.26. The van der Waals surface area contributed by atoms with Gasteiger partial charge in [0, 0.05) is 15.7 Å². The second-order valence-corrected chi connectivity index (χ2v) is 6.73. The molecule has 0 aliphatic carbocycles. The summed E-state index contributed by atoms with van der Waals surface area (Å²) >= 11 is 13.4. The maximum Gasteiger partial charge on any atom is 0.0408 e. The van der Waals surface area contributed by atoms with Gasteiger partial charge in [-0.05, 0) is 41.9 Å². The Kier molecular flexibility index (Phi) is 6.54. The maximum absolute atomic E-state index is 6.04. The molecule has 0 saturated heterocycles. The van der Waals surface area contributed by atoms with E-state index in [2.05, 4.69) is 57.8 Å². The molecule has 0 saturated carbocycles. The van der Waals surface area contributed by atoms with E-state index >= 15 is 0 Å². The molecular weight excluding hydrogens is 363 g/mol. The minimum atomic E-state index is 0.277. The molecule has 0 aromatic heterocycles. The van der Waals surface area contributed by atoms with Crippen LogP contribution in [0, 0.1) is 11.3 Å². The molecule has 0 nitrogen and oxygen atoms in total. The monoisotopic (exact) mass is 380 g/mol. The van der Waals surface area contributed by atoms with Gasteiger partial charge in [0.25, 0.3) is 0 Å². The van der Waals surface area contributed by atoms with Gasteiger partial charge in [0.05, 0.1) is 0 Å². The Morgan fingerprint density at radius 2 is 1.88 bits per heavy atom. The molecule has 0 spiro atoms. The third kappa shape index (κ3) is 4.92. The van der Waals surface area contributed by atoms with Crippen molar-refractivity contribution >= 4 is 43.5 Å². The average Bonchev–Trinajstić information content (AvgIpc) is 2.27. The van der Waals surface area contributed by atoms with Gasteiger partial charge in [0.2, 0.25) is 0 Å². The first kappa shape index (κ1) is 15.5. The van der Waals surface area contributed by atoms with Gasteiger partial charge in [0.1, 0.15) is 0 Å². The number of alkyl halides is 2. The lowest BCUT2D eigenvalue weighted by Crippen LogP contribution is -2.29. The van der Waals surface area contributed by atoms with Gasteiger partial charge in [-0.1, -0.05) is 69.4 Å². The Bertz CT molecular complexity index is 346. The molecule has 0 unspecified atom stereocenters. The van der Waals surface area contributed by atoms with Crippen LogP contribution in [0.4, 0.5) is 0 Å². The quantitative estimate of drug-likeness (QED) is 0.553. The second-order valence-electron chi connectivity index (χ2n) is 5.17. The predicted octanol–water partition coefficient (Wildman–Crippen LogP) is 5.70. The van der Waals surface area contributed by atoms with E-state index in [1.54, 1.807) is 0 Å². The zero-order valence-electron chi connectivity index (χ0n) is 10.3. The molecule has 96 valence electrons. The van der Waals surface area contributed by atoms with Crippen molar-refractivity contribution in [2.45, 2.75) is 26.7 Å². The highest BCUT2D eigenvalue weighted by molar-refractivity contribution is 9.09. The van der Waals surface area contributed by atoms with E-state index in [4.69, 9.17) is 11.6 Å². The molecule has 1 aromatic rings. The Hall–Kier alpha value is 0.470. The predicted molar refractivity (Wildman–Crippen MR) is 84.6 cm³/mol. The van der Waals surface area contributed by atoms with Gasteiger partial charge in [-0.25, -0.2) is 0 Å². The molecule has 0 aliphatic heterocycles. The lowest BCUT2D eigenvalue weighted by Gasteiger charge is -2.32. The van der Waals surface area contributed by atoms with Gasteiger partial charge in [-0.3, -0.25) is 0 Å². The van der Waals surface area contributed by atoms with Crippen LogP contribution < -0.4 is 0 Å². The van der Waals surface area contributed by atoms with Crippen molar-refractivity contribution < 1.29 is 0 Å². The summed E-state index contributed by atoms with van der Waals surface area (Å²) in [5, 5.41) is 2.84. The molecule has 1 rings (SSSR count). The highest BCUT2D eigenvalue weighted by Gasteiger charge is 2.29. The average molecular weight is 383 g/mol. The van der Waals surface area contributed by atoms with Crippen LogP contribution in [0.2, 0.25) is 5.02 Å². The van der Waals surface area contributed by atoms with Gasteiger partial charge in [-0.15, -0.1) is 0 Å². The van der Waals surface area contributed by atoms with Crippen molar-refractivity contribution in [3.63, 3.8) is 0 Å². The third-order valence-electron chi connectivity index (χ3n) is 2.88. The summed E-state index contributed by atoms with van der Waals surface area (Å²) in [5.41, 5.74) is 1.59. The maximum atomic E-state index is 6.04. The molecule has 3 heteroatoms. The molecule has 0 fully saturated rings. The molecule has 0 aliphatic rings. The van der Waals surface area contributed by atoms with Gasteiger partial charge in [-0.2, -0.15) is 0 Å². The SMILES string of the molecule is CC(C)CC(CBr)(CBr)Cc1cccc(Cl)c1. The van der Waals surface area contributed by atoms with Crippen molar-refractivity contribution in [3.05, 3.63) is 34.9 Å². The largest absolute Gasteiger partial charge is 0.0922 e. The van der Waals surface area contributed by atoms with E-state index in [1.807, 2.05) is 12.1 Å². The van der Waals surface area contributed by atoms with Crippen LogP contribution in [0.3, 0.4) is 0 Å². The fourth-order valence-corrected chi connectivity index (χ4v) is 4.25. The van der Waals surface area contributed by atoms with E-state index in [0.29, 0.717) is 5.92 Å². The highest BCUT2D eigenvalue weighted by atomic mass is 79.9. The fraction of sp³-hybridized carbons (Fsp3) is 0.571. The van der Waals surface area contributed by atoms with E-state index in [9.17, 15) is 0 Å². The topological polar surface area (TPSA) is 0 Å². The zero-order valence-corrected chi connectivity index (χ0v) is 14.3. The molecule has 0 bridgehead atoms. The summed E-state index contributed by atoms with van der Waals surface area (Å²) in [6, 6.07) is 8.19. The molecule has 0 amide bonds. The molecule has 1 aromatic carbocycles. The van der Waals surface area contributed by atoms with Crippen molar-refractivity contribution in [3.8, 4) is 0 Å². The normalized spacial score (nSPS) is 12.1. The summed E-state index contributed by atoms with van der Waals surface area (Å²) in [6.07, 6.45) is 2.26. The smallest absolute Gasteiger partial charge is 0.0408 e. The van der Waals surface area contributed by atoms with Gasteiger partial charge in [0.15, 0.2) is 0 Å². The van der Waals surface area contributed by atoms with E-state index < -0.39 is 0 Å². The Morgan fingerprint density at radius 3 is 2.35 bits per heavy atom. The Labute approximate surface area is 126 Å². The van der Waals surface area contributed by atoms with Gasteiger partial charge < -0.3 is 0 Å². The lowest BCUT2D eigenvalue weighted by atomic mass is 9.79. The third-order valence-corrected chi connectivity index (χ3v) is 5.49. The lowest BCUT2D eigenvalue weighted by molar-refractivity contribution is 0.304. The van der Waals surface area contributed by atoms with E-state index in [1.165, 1.54) is 12.0 Å². The summed E-state index contributed by atoms with van der Waals surface area (Å²) in [5.74, 6) is 0.698. The molecule has 0 heterocycles. The standard InChI is InChI=1S/C14H19Br2Cl/c1-11(2)7-14(9-15,10-16)8-12-4-3-5-13(17)6-12/h3-6,11H,7-10H2,1-2H3. The summed E-state index contributed by atoms with van der Waals surface area (Å²) in [7, 11) is 0. The minimum absolute atomic E-state index is 0.277. The van der Waals surface area contributed by atoms with Crippen LogP contribution in [0.15, 0.2) is 24.3 Å². The number of rotatable bonds is 6. The van der Waals surface area contributed by atoms with Crippen molar-refractivity contribution in [1.29, 1.82) is 0 Å². The van der Waals surface area contributed by atoms with Crippen molar-refractivity contribution in [2.75, 3.05) is 10.7 Å². The summed E-state index contributed by atoms with van der Waals surface area (Å²) < 4.78 is 0. The van der Waals surface area contributed by atoms with Crippen LogP contribution in [0.1, 0.15) is 25.8 Å². The molecular formula is C14H19Br2Cl. The Morgan fingerprint density at radius 1 is 1.24 bits per heavy atom. The second kappa shape index (κ2) is 7.16. The molecule has 17 heavy (non-hydrogen) atoms. The highest BCUT2D eigenvalue weighted by Crippen LogP contribution is 2.35. The molecule has 0 atom stereocenters. The molecule has 0 radical (unpaired) electrons. The minimum Gasteiger partial charge on any atom is -0.0922 e. The summed E-state index contributed by atoms with van der Waals surface area (Å²) in [4.78, 5) is 0. The van der Waals surface area contributed by atoms with Crippen LogP contribution in [-0.4, -0.2) is 10.7 Å². The number of hydrogen-bond donors (Lipinski definition) is 0. The number of halogens is 3. The van der Waals surface area contributed by atoms with Crippen LogP contribution in [0.25, 0.3) is 0 Å². The van der Waals surface area contributed by atoms with Crippen LogP contribution >= 0.6 is 43.5 Å². The molecule has 0 N–H and O–H groups in total. The van der Waals surface area contributed by atoms with E-state index in [-0.39, 0.29) is 5.41 Å². The first-order chi connectivity index (χ1) is 8.01. The Balaban J connectivity index is 2.85. The van der Waals surface area contributed by atoms with Crippen molar-refractivity contribution in [2.24, 2.45) is 11.3 Å². The van der Waals surface area contributed by atoms with Gasteiger partial charge >= 0.3 is 0 Å². The van der Waals surface area contributed by atoms with E-state index in [0.717, 1.165) is 22.1 Å². The van der Waals surface area contributed by atoms with Crippen molar-refractivity contribution in [1.82, 2.24) is 0 Å². The van der Waals surface area contributed by atoms with Crippen LogP contribution in [-0.2, 0) is 6.42 Å².